The monoisotopic (exact) mass is 355 g/mol. The number of nitrogens with two attached hydrogens (primary N) is 1. The quantitative estimate of drug-likeness (QED) is 0.823. The molecule has 1 saturated heterocycles. The van der Waals surface area contributed by atoms with Crippen molar-refractivity contribution in [3.63, 3.8) is 0 Å². The van der Waals surface area contributed by atoms with Crippen molar-refractivity contribution in [1.29, 1.82) is 0 Å². The van der Waals surface area contributed by atoms with Crippen LogP contribution in [0.25, 0.3) is 0 Å². The normalized spacial score (nSPS) is 19.9. The first kappa shape index (κ1) is 21.7. The van der Waals surface area contributed by atoms with E-state index in [2.05, 4.69) is 0 Å². The number of amides is 2. The Morgan fingerprint density at radius 1 is 1.24 bits per heavy atom. The molecule has 146 valence electrons. The molecule has 0 aromatic carbocycles. The molecule has 0 aliphatic carbocycles. The molecule has 1 heterocycles. The van der Waals surface area contributed by atoms with E-state index in [0.717, 1.165) is 19.4 Å². The molecule has 1 aliphatic rings. The van der Waals surface area contributed by atoms with Gasteiger partial charge in [-0.25, -0.2) is 4.79 Å². The van der Waals surface area contributed by atoms with E-state index in [9.17, 15) is 9.59 Å². The summed E-state index contributed by atoms with van der Waals surface area (Å²) in [5.74, 6) is 0.404. The minimum atomic E-state index is -0.511. The Morgan fingerprint density at radius 3 is 2.32 bits per heavy atom. The zero-order chi connectivity index (χ0) is 19.4. The molecule has 0 aromatic heterocycles. The maximum Gasteiger partial charge on any atom is 0.410 e. The molecule has 0 saturated carbocycles. The third-order valence-electron chi connectivity index (χ3n) is 4.54. The van der Waals surface area contributed by atoms with E-state index in [1.807, 2.05) is 53.4 Å². The summed E-state index contributed by atoms with van der Waals surface area (Å²) in [7, 11) is 0. The zero-order valence-corrected chi connectivity index (χ0v) is 17.0. The molecular formula is C19H37N3O3. The van der Waals surface area contributed by atoms with Crippen LogP contribution in [0.5, 0.6) is 0 Å². The second kappa shape index (κ2) is 8.88. The summed E-state index contributed by atoms with van der Waals surface area (Å²) >= 11 is 0. The highest BCUT2D eigenvalue weighted by Crippen LogP contribution is 2.21. The van der Waals surface area contributed by atoms with Gasteiger partial charge in [-0.3, -0.25) is 4.79 Å². The molecule has 2 N–H and O–H groups in total. The molecule has 2 unspecified atom stereocenters. The van der Waals surface area contributed by atoms with Gasteiger partial charge in [-0.05, 0) is 59.3 Å². The summed E-state index contributed by atoms with van der Waals surface area (Å²) in [6.07, 6.45) is 1.67. The topological polar surface area (TPSA) is 75.9 Å². The summed E-state index contributed by atoms with van der Waals surface area (Å²) in [6.45, 7) is 15.5. The average Bonchev–Trinajstić information content (AvgIpc) is 2.49. The van der Waals surface area contributed by atoms with Crippen LogP contribution in [0.1, 0.15) is 61.3 Å². The van der Waals surface area contributed by atoms with Gasteiger partial charge in [0.2, 0.25) is 5.91 Å². The van der Waals surface area contributed by atoms with Crippen LogP contribution in [-0.4, -0.2) is 59.1 Å². The SMILES string of the molecule is CC(C)C(N)C(=O)N1CCCC(CN(C(=O)OC(C)(C)C)C(C)C)C1. The molecule has 1 rings (SSSR count). The van der Waals surface area contributed by atoms with Crippen LogP contribution in [0.4, 0.5) is 4.79 Å². The highest BCUT2D eigenvalue weighted by atomic mass is 16.6. The van der Waals surface area contributed by atoms with Crippen molar-refractivity contribution in [3.05, 3.63) is 0 Å². The number of likely N-dealkylation sites (tertiary alicyclic amines) is 1. The van der Waals surface area contributed by atoms with Gasteiger partial charge in [-0.1, -0.05) is 13.8 Å². The highest BCUT2D eigenvalue weighted by molar-refractivity contribution is 5.82. The van der Waals surface area contributed by atoms with Gasteiger partial charge >= 0.3 is 6.09 Å². The molecule has 1 aliphatic heterocycles. The lowest BCUT2D eigenvalue weighted by Gasteiger charge is -2.38. The summed E-state index contributed by atoms with van der Waals surface area (Å²) in [5.41, 5.74) is 5.52. The molecule has 2 amide bonds. The molecule has 0 radical (unpaired) electrons. The van der Waals surface area contributed by atoms with Gasteiger partial charge in [0, 0.05) is 25.7 Å². The number of hydrogen-bond donors (Lipinski definition) is 1. The fourth-order valence-corrected chi connectivity index (χ4v) is 3.01. The van der Waals surface area contributed by atoms with Crippen molar-refractivity contribution in [1.82, 2.24) is 9.80 Å². The fourth-order valence-electron chi connectivity index (χ4n) is 3.01. The van der Waals surface area contributed by atoms with Crippen molar-refractivity contribution in [2.45, 2.75) is 79.0 Å². The van der Waals surface area contributed by atoms with Crippen molar-refractivity contribution in [3.8, 4) is 0 Å². The Bertz CT molecular complexity index is 457. The first-order chi connectivity index (χ1) is 11.4. The third-order valence-corrected chi connectivity index (χ3v) is 4.54. The molecule has 0 aromatic rings. The maximum absolute atomic E-state index is 12.5. The molecule has 6 nitrogen and oxygen atoms in total. The predicted molar refractivity (Wildman–Crippen MR) is 100 cm³/mol. The van der Waals surface area contributed by atoms with Gasteiger partial charge in [-0.15, -0.1) is 0 Å². The second-order valence-electron chi connectivity index (χ2n) is 8.79. The van der Waals surface area contributed by atoms with E-state index >= 15 is 0 Å². The van der Waals surface area contributed by atoms with E-state index in [0.29, 0.717) is 13.1 Å². The molecule has 6 heteroatoms. The first-order valence-corrected chi connectivity index (χ1v) is 9.46. The van der Waals surface area contributed by atoms with E-state index < -0.39 is 11.6 Å². The van der Waals surface area contributed by atoms with E-state index in [1.165, 1.54) is 0 Å². The van der Waals surface area contributed by atoms with Crippen LogP contribution < -0.4 is 5.73 Å². The molecule has 25 heavy (non-hydrogen) atoms. The lowest BCUT2D eigenvalue weighted by atomic mass is 9.95. The fraction of sp³-hybridized carbons (Fsp3) is 0.895. The summed E-state index contributed by atoms with van der Waals surface area (Å²) < 4.78 is 5.53. The van der Waals surface area contributed by atoms with Crippen molar-refractivity contribution in [2.24, 2.45) is 17.6 Å². The van der Waals surface area contributed by atoms with Crippen LogP contribution in [-0.2, 0) is 9.53 Å². The lowest BCUT2D eigenvalue weighted by molar-refractivity contribution is -0.135. The van der Waals surface area contributed by atoms with Gasteiger partial charge in [0.25, 0.3) is 0 Å². The number of carbonyl (C=O) groups is 2. The van der Waals surface area contributed by atoms with Gasteiger partial charge in [0.1, 0.15) is 5.60 Å². The number of ether oxygens (including phenoxy) is 1. The Balaban J connectivity index is 2.72. The van der Waals surface area contributed by atoms with E-state index in [1.54, 1.807) is 4.90 Å². The van der Waals surface area contributed by atoms with Crippen LogP contribution in [0.3, 0.4) is 0 Å². The largest absolute Gasteiger partial charge is 0.444 e. The van der Waals surface area contributed by atoms with Gasteiger partial charge in [0.05, 0.1) is 6.04 Å². The maximum atomic E-state index is 12.5. The van der Waals surface area contributed by atoms with Gasteiger partial charge in [-0.2, -0.15) is 0 Å². The zero-order valence-electron chi connectivity index (χ0n) is 17.0. The number of rotatable bonds is 5. The molecule has 1 fully saturated rings. The highest BCUT2D eigenvalue weighted by Gasteiger charge is 2.32. The van der Waals surface area contributed by atoms with Gasteiger partial charge < -0.3 is 20.3 Å². The van der Waals surface area contributed by atoms with Crippen molar-refractivity contribution in [2.75, 3.05) is 19.6 Å². The second-order valence-corrected chi connectivity index (χ2v) is 8.79. The summed E-state index contributed by atoms with van der Waals surface area (Å²) in [6, 6.07) is -0.398. The van der Waals surface area contributed by atoms with Crippen molar-refractivity contribution >= 4 is 12.0 Å². The predicted octanol–water partition coefficient (Wildman–Crippen LogP) is 2.85. The molecule has 0 bridgehead atoms. The third kappa shape index (κ3) is 6.84. The van der Waals surface area contributed by atoms with Crippen LogP contribution in [0.15, 0.2) is 0 Å². The Labute approximate surface area is 153 Å². The van der Waals surface area contributed by atoms with Crippen LogP contribution in [0, 0.1) is 11.8 Å². The average molecular weight is 356 g/mol. The van der Waals surface area contributed by atoms with Crippen LogP contribution >= 0.6 is 0 Å². The standard InChI is InChI=1S/C19H37N3O3/c1-13(2)16(20)17(23)21-10-8-9-15(11-21)12-22(14(3)4)18(24)25-19(5,6)7/h13-16H,8-12,20H2,1-7H3. The lowest BCUT2D eigenvalue weighted by Crippen LogP contribution is -2.52. The van der Waals surface area contributed by atoms with Crippen molar-refractivity contribution < 1.29 is 14.3 Å². The molecule has 0 spiro atoms. The Morgan fingerprint density at radius 2 is 1.84 bits per heavy atom. The summed E-state index contributed by atoms with van der Waals surface area (Å²) in [5, 5.41) is 0. The van der Waals surface area contributed by atoms with Gasteiger partial charge in [0.15, 0.2) is 0 Å². The molecule has 2 atom stereocenters. The smallest absolute Gasteiger partial charge is 0.410 e. The Hall–Kier alpha value is -1.30. The number of hydrogen-bond acceptors (Lipinski definition) is 4. The number of piperidine rings is 1. The minimum absolute atomic E-state index is 0.0214. The number of nitrogens with zero attached hydrogens (tertiary/aromatic N) is 2. The molecular weight excluding hydrogens is 318 g/mol. The Kier molecular flexibility index (Phi) is 7.72. The number of carbonyl (C=O) groups excluding carboxylic acids is 2. The van der Waals surface area contributed by atoms with E-state index in [4.69, 9.17) is 10.5 Å². The summed E-state index contributed by atoms with van der Waals surface area (Å²) in [4.78, 5) is 28.6. The first-order valence-electron chi connectivity index (χ1n) is 9.46. The van der Waals surface area contributed by atoms with E-state index in [-0.39, 0.29) is 29.9 Å². The minimum Gasteiger partial charge on any atom is -0.444 e. The van der Waals surface area contributed by atoms with Crippen LogP contribution in [0.2, 0.25) is 0 Å².